The van der Waals surface area contributed by atoms with E-state index < -0.39 is 5.92 Å². The summed E-state index contributed by atoms with van der Waals surface area (Å²) < 4.78 is 28.1. The van der Waals surface area contributed by atoms with E-state index in [1.54, 1.807) is 4.52 Å². The van der Waals surface area contributed by atoms with Crippen molar-refractivity contribution in [3.05, 3.63) is 35.6 Å². The molecule has 6 nitrogen and oxygen atoms in total. The first-order chi connectivity index (χ1) is 16.2. The molecule has 34 heavy (non-hydrogen) atoms. The smallest absolute Gasteiger partial charge is 0.251 e. The number of alkyl halides is 2. The van der Waals surface area contributed by atoms with Gasteiger partial charge >= 0.3 is 0 Å². The Morgan fingerprint density at radius 3 is 2.44 bits per heavy atom. The standard InChI is InChI=1S/C20H27F2N5.C6H11N/c1-12-17(13-5-3-2-4-6-13)25-18-24-15(9-27(18)26-12)16(23)14-7-19(8-14)10-20(21,22)11-19;1-6-4-2-3-5-7-6/h9,13-14,16H,2-8,10-11,23H2,1H3;7H,1-5H2. The van der Waals surface area contributed by atoms with Gasteiger partial charge in [0, 0.05) is 31.0 Å². The molecule has 1 atom stereocenters. The summed E-state index contributed by atoms with van der Waals surface area (Å²) in [5.41, 5.74) is 10.3. The minimum atomic E-state index is -2.46. The van der Waals surface area contributed by atoms with Crippen molar-refractivity contribution in [1.29, 1.82) is 0 Å². The topological polar surface area (TPSA) is 81.1 Å². The number of aromatic nitrogens is 4. The summed E-state index contributed by atoms with van der Waals surface area (Å²) in [6.07, 6.45) is 13.5. The second kappa shape index (κ2) is 9.17. The zero-order valence-electron chi connectivity index (χ0n) is 20.3. The number of nitrogens with one attached hydrogen (secondary N) is 1. The van der Waals surface area contributed by atoms with Crippen molar-refractivity contribution in [2.45, 2.75) is 102 Å². The van der Waals surface area contributed by atoms with Crippen molar-refractivity contribution in [1.82, 2.24) is 24.9 Å². The average Bonchev–Trinajstić information content (AvgIpc) is 3.19. The molecule has 1 unspecified atom stereocenters. The molecule has 3 aliphatic carbocycles. The Kier molecular flexibility index (Phi) is 6.38. The zero-order chi connectivity index (χ0) is 23.9. The number of fused-ring (bicyclic) bond motifs is 1. The number of hydrogen-bond donors (Lipinski definition) is 2. The van der Waals surface area contributed by atoms with Crippen LogP contribution in [0.5, 0.6) is 0 Å². The first-order valence-electron chi connectivity index (χ1n) is 13.0. The van der Waals surface area contributed by atoms with Gasteiger partial charge in [-0.2, -0.15) is 5.10 Å². The van der Waals surface area contributed by atoms with Crippen molar-refractivity contribution in [3.63, 3.8) is 0 Å². The van der Waals surface area contributed by atoms with Crippen molar-refractivity contribution in [2.75, 3.05) is 6.54 Å². The van der Waals surface area contributed by atoms with Crippen LogP contribution < -0.4 is 11.1 Å². The van der Waals surface area contributed by atoms with E-state index in [-0.39, 0.29) is 30.2 Å². The molecule has 6 rings (SSSR count). The fraction of sp³-hybridized carbons (Fsp3) is 0.731. The first-order valence-corrected chi connectivity index (χ1v) is 13.0. The SMILES string of the molecule is C=C1CCCCN1.Cc1nn2cc(C(N)C3CC4(C3)CC(F)(F)C4)nc2nc1C1CCCCC1. The van der Waals surface area contributed by atoms with E-state index in [2.05, 4.69) is 22.0 Å². The van der Waals surface area contributed by atoms with Crippen LogP contribution in [0.3, 0.4) is 0 Å². The Labute approximate surface area is 200 Å². The summed E-state index contributed by atoms with van der Waals surface area (Å²) in [6, 6.07) is -0.230. The lowest BCUT2D eigenvalue weighted by molar-refractivity contribution is -0.209. The molecule has 186 valence electrons. The van der Waals surface area contributed by atoms with Crippen molar-refractivity contribution >= 4 is 5.78 Å². The fourth-order valence-corrected chi connectivity index (χ4v) is 6.55. The highest BCUT2D eigenvalue weighted by Gasteiger charge is 2.62. The molecule has 8 heteroatoms. The number of allylic oxidation sites excluding steroid dienone is 1. The maximum Gasteiger partial charge on any atom is 0.251 e. The molecule has 4 fully saturated rings. The molecule has 3 N–H and O–H groups in total. The van der Waals surface area contributed by atoms with E-state index in [4.69, 9.17) is 10.7 Å². The van der Waals surface area contributed by atoms with Crippen LogP contribution in [0.4, 0.5) is 8.78 Å². The molecule has 1 aliphatic heterocycles. The van der Waals surface area contributed by atoms with Crippen molar-refractivity contribution < 1.29 is 8.78 Å². The van der Waals surface area contributed by atoms with Gasteiger partial charge in [-0.05, 0) is 63.2 Å². The van der Waals surface area contributed by atoms with Crippen LogP contribution >= 0.6 is 0 Å². The van der Waals surface area contributed by atoms with Crippen LogP contribution in [0, 0.1) is 18.3 Å². The lowest BCUT2D eigenvalue weighted by Crippen LogP contribution is -2.55. The lowest BCUT2D eigenvalue weighted by Gasteiger charge is -2.58. The van der Waals surface area contributed by atoms with Crippen LogP contribution in [-0.2, 0) is 0 Å². The highest BCUT2D eigenvalue weighted by molar-refractivity contribution is 5.34. The number of nitrogens with zero attached hydrogens (tertiary/aromatic N) is 4. The summed E-state index contributed by atoms with van der Waals surface area (Å²) in [5.74, 6) is -1.14. The van der Waals surface area contributed by atoms with Gasteiger partial charge in [-0.3, -0.25) is 0 Å². The summed E-state index contributed by atoms with van der Waals surface area (Å²) in [4.78, 5) is 9.46. The molecule has 0 bridgehead atoms. The van der Waals surface area contributed by atoms with Gasteiger partial charge in [-0.15, -0.1) is 0 Å². The normalized spacial score (nSPS) is 25.1. The van der Waals surface area contributed by atoms with Gasteiger partial charge in [0.2, 0.25) is 5.92 Å². The molecule has 2 aromatic rings. The maximum absolute atomic E-state index is 13.2. The fourth-order valence-electron chi connectivity index (χ4n) is 6.55. The Morgan fingerprint density at radius 2 is 1.85 bits per heavy atom. The van der Waals surface area contributed by atoms with Crippen LogP contribution in [0.15, 0.2) is 18.5 Å². The molecule has 3 heterocycles. The predicted molar refractivity (Wildman–Crippen MR) is 129 cm³/mol. The molecular weight excluding hydrogens is 434 g/mol. The summed E-state index contributed by atoms with van der Waals surface area (Å²) >= 11 is 0. The molecule has 0 radical (unpaired) electrons. The molecule has 0 amide bonds. The number of imidazole rings is 1. The third kappa shape index (κ3) is 4.83. The van der Waals surface area contributed by atoms with E-state index >= 15 is 0 Å². The van der Waals surface area contributed by atoms with E-state index in [1.807, 2.05) is 13.1 Å². The van der Waals surface area contributed by atoms with Crippen LogP contribution in [0.25, 0.3) is 5.78 Å². The van der Waals surface area contributed by atoms with Gasteiger partial charge in [0.25, 0.3) is 5.78 Å². The second-order valence-corrected chi connectivity index (χ2v) is 11.2. The minimum Gasteiger partial charge on any atom is -0.389 e. The Hall–Kier alpha value is -2.09. The summed E-state index contributed by atoms with van der Waals surface area (Å²) in [6.45, 7) is 6.96. The van der Waals surface area contributed by atoms with Gasteiger partial charge in [0.15, 0.2) is 0 Å². The third-order valence-electron chi connectivity index (χ3n) is 8.32. The van der Waals surface area contributed by atoms with Crippen LogP contribution in [-0.4, -0.2) is 32.0 Å². The van der Waals surface area contributed by atoms with E-state index in [0.717, 1.165) is 36.5 Å². The van der Waals surface area contributed by atoms with Gasteiger partial charge in [-0.25, -0.2) is 23.3 Å². The Bertz CT molecular complexity index is 1020. The van der Waals surface area contributed by atoms with Gasteiger partial charge in [-0.1, -0.05) is 25.8 Å². The molecule has 0 aromatic carbocycles. The van der Waals surface area contributed by atoms with Gasteiger partial charge in [0.1, 0.15) is 0 Å². The van der Waals surface area contributed by atoms with Gasteiger partial charge < -0.3 is 11.1 Å². The minimum absolute atomic E-state index is 0.0292. The number of halogens is 2. The van der Waals surface area contributed by atoms with Crippen molar-refractivity contribution in [2.24, 2.45) is 17.1 Å². The molecular formula is C26H38F2N6. The second-order valence-electron chi connectivity index (χ2n) is 11.2. The monoisotopic (exact) mass is 472 g/mol. The number of nitrogens with two attached hydrogens (primary N) is 1. The van der Waals surface area contributed by atoms with Crippen LogP contribution in [0.1, 0.15) is 106 Å². The number of piperidine rings is 1. The van der Waals surface area contributed by atoms with Crippen LogP contribution in [0.2, 0.25) is 0 Å². The molecule has 1 saturated heterocycles. The molecule has 2 aromatic heterocycles. The first kappa shape index (κ1) is 23.6. The highest BCUT2D eigenvalue weighted by atomic mass is 19.3. The quantitative estimate of drug-likeness (QED) is 0.610. The molecule has 1 spiro atoms. The largest absolute Gasteiger partial charge is 0.389 e. The van der Waals surface area contributed by atoms with Crippen molar-refractivity contribution in [3.8, 4) is 0 Å². The molecule has 4 aliphatic rings. The predicted octanol–water partition coefficient (Wildman–Crippen LogP) is 5.58. The number of hydrogen-bond acceptors (Lipinski definition) is 5. The maximum atomic E-state index is 13.2. The number of rotatable bonds is 3. The average molecular weight is 473 g/mol. The summed E-state index contributed by atoms with van der Waals surface area (Å²) in [7, 11) is 0. The lowest BCUT2D eigenvalue weighted by atomic mass is 9.49. The highest BCUT2D eigenvalue weighted by Crippen LogP contribution is 2.66. The van der Waals surface area contributed by atoms with E-state index in [0.29, 0.717) is 11.7 Å². The van der Waals surface area contributed by atoms with E-state index in [1.165, 1.54) is 57.1 Å². The number of aryl methyl sites for hydroxylation is 1. The van der Waals surface area contributed by atoms with E-state index in [9.17, 15) is 8.78 Å². The zero-order valence-corrected chi connectivity index (χ0v) is 20.3. The summed E-state index contributed by atoms with van der Waals surface area (Å²) in [5, 5.41) is 7.86. The Balaban J connectivity index is 0.000000297. The Morgan fingerprint density at radius 1 is 1.12 bits per heavy atom. The third-order valence-corrected chi connectivity index (χ3v) is 8.32. The van der Waals surface area contributed by atoms with Gasteiger partial charge in [0.05, 0.1) is 29.3 Å². The molecule has 3 saturated carbocycles.